The summed E-state index contributed by atoms with van der Waals surface area (Å²) in [5.74, 6) is 0.279. The molecule has 21 heavy (non-hydrogen) atoms. The van der Waals surface area contributed by atoms with Crippen LogP contribution in [0, 0.1) is 0 Å². The first-order chi connectivity index (χ1) is 10.2. The number of amides is 1. The molecule has 0 radical (unpaired) electrons. The van der Waals surface area contributed by atoms with Crippen LogP contribution in [0.2, 0.25) is 0 Å². The van der Waals surface area contributed by atoms with Crippen molar-refractivity contribution in [1.29, 1.82) is 0 Å². The quantitative estimate of drug-likeness (QED) is 0.602. The highest BCUT2D eigenvalue weighted by Gasteiger charge is 2.27. The Balaban J connectivity index is 2.49. The molecule has 4 heteroatoms. The Bertz CT molecular complexity index is 272. The van der Waals surface area contributed by atoms with E-state index in [1.807, 2.05) is 0 Å². The van der Waals surface area contributed by atoms with E-state index in [4.69, 9.17) is 5.11 Å². The highest BCUT2D eigenvalue weighted by Crippen LogP contribution is 2.24. The highest BCUT2D eigenvalue weighted by atomic mass is 16.3. The maximum absolute atomic E-state index is 12.6. The van der Waals surface area contributed by atoms with Crippen molar-refractivity contribution in [2.75, 3.05) is 32.8 Å². The molecule has 0 aromatic rings. The molecule has 0 unspecified atom stereocenters. The second-order valence-electron chi connectivity index (χ2n) is 6.22. The van der Waals surface area contributed by atoms with Crippen LogP contribution in [0.3, 0.4) is 0 Å². The number of unbranched alkanes of at least 4 members (excludes halogenated alkanes) is 2. The molecule has 1 saturated carbocycles. The molecule has 0 atom stereocenters. The van der Waals surface area contributed by atoms with Crippen molar-refractivity contribution in [2.45, 2.75) is 71.3 Å². The summed E-state index contributed by atoms with van der Waals surface area (Å²) in [7, 11) is 0. The van der Waals surface area contributed by atoms with Gasteiger partial charge in [0.1, 0.15) is 0 Å². The van der Waals surface area contributed by atoms with Gasteiger partial charge in [0.15, 0.2) is 0 Å². The molecule has 1 amide bonds. The summed E-state index contributed by atoms with van der Waals surface area (Å²) >= 11 is 0. The summed E-state index contributed by atoms with van der Waals surface area (Å²) in [4.78, 5) is 16.9. The standard InChI is InChI=1S/C17H34N2O2/c1-3-5-11-18(12-6-4-2)17(21)15-19(13-8-14-20)16-9-7-10-16/h16,20H,3-15H2,1-2H3. The lowest BCUT2D eigenvalue weighted by Crippen LogP contribution is -2.48. The van der Waals surface area contributed by atoms with Crippen molar-refractivity contribution >= 4 is 5.91 Å². The van der Waals surface area contributed by atoms with E-state index in [1.54, 1.807) is 0 Å². The Morgan fingerprint density at radius 1 is 1.05 bits per heavy atom. The number of nitrogens with zero attached hydrogens (tertiary/aromatic N) is 2. The lowest BCUT2D eigenvalue weighted by molar-refractivity contribution is -0.133. The van der Waals surface area contributed by atoms with Crippen LogP contribution in [0.1, 0.15) is 65.2 Å². The number of hydrogen-bond acceptors (Lipinski definition) is 3. The number of aliphatic hydroxyl groups is 1. The van der Waals surface area contributed by atoms with Gasteiger partial charge in [0.25, 0.3) is 0 Å². The molecule has 1 rings (SSSR count). The third-order valence-electron chi connectivity index (χ3n) is 4.45. The van der Waals surface area contributed by atoms with Crippen LogP contribution in [-0.4, -0.2) is 59.6 Å². The summed E-state index contributed by atoms with van der Waals surface area (Å²) in [5, 5.41) is 9.04. The van der Waals surface area contributed by atoms with E-state index in [-0.39, 0.29) is 12.5 Å². The first-order valence-electron chi connectivity index (χ1n) is 8.85. The molecule has 0 aliphatic heterocycles. The Hall–Kier alpha value is -0.610. The zero-order valence-electron chi connectivity index (χ0n) is 14.0. The molecule has 1 fully saturated rings. The molecule has 1 aliphatic carbocycles. The van der Waals surface area contributed by atoms with Crippen LogP contribution in [0.5, 0.6) is 0 Å². The Kier molecular flexibility index (Phi) is 9.68. The first-order valence-corrected chi connectivity index (χ1v) is 8.85. The molecule has 124 valence electrons. The van der Waals surface area contributed by atoms with Crippen molar-refractivity contribution in [3.63, 3.8) is 0 Å². The van der Waals surface area contributed by atoms with Crippen LogP contribution >= 0.6 is 0 Å². The molecular formula is C17H34N2O2. The lowest BCUT2D eigenvalue weighted by atomic mass is 9.91. The molecule has 0 aromatic heterocycles. The maximum atomic E-state index is 12.6. The second kappa shape index (κ2) is 11.0. The SMILES string of the molecule is CCCCN(CCCC)C(=O)CN(CCCO)C1CCC1. The van der Waals surface area contributed by atoms with Crippen molar-refractivity contribution in [3.8, 4) is 0 Å². The van der Waals surface area contributed by atoms with Gasteiger partial charge < -0.3 is 10.0 Å². The van der Waals surface area contributed by atoms with E-state index in [9.17, 15) is 4.79 Å². The molecule has 1 aliphatic rings. The smallest absolute Gasteiger partial charge is 0.236 e. The van der Waals surface area contributed by atoms with Gasteiger partial charge >= 0.3 is 0 Å². The average Bonchev–Trinajstić information content (AvgIpc) is 2.42. The van der Waals surface area contributed by atoms with Gasteiger partial charge in [-0.1, -0.05) is 33.1 Å². The Labute approximate surface area is 130 Å². The van der Waals surface area contributed by atoms with Crippen molar-refractivity contribution in [3.05, 3.63) is 0 Å². The maximum Gasteiger partial charge on any atom is 0.236 e. The topological polar surface area (TPSA) is 43.8 Å². The first kappa shape index (κ1) is 18.4. The fourth-order valence-electron chi connectivity index (χ4n) is 2.75. The van der Waals surface area contributed by atoms with E-state index in [1.165, 1.54) is 19.3 Å². The molecule has 0 bridgehead atoms. The highest BCUT2D eigenvalue weighted by molar-refractivity contribution is 5.78. The Morgan fingerprint density at radius 3 is 2.10 bits per heavy atom. The van der Waals surface area contributed by atoms with Crippen LogP contribution in [-0.2, 0) is 4.79 Å². The largest absolute Gasteiger partial charge is 0.396 e. The molecule has 0 heterocycles. The van der Waals surface area contributed by atoms with Gasteiger partial charge in [0, 0.05) is 32.3 Å². The molecular weight excluding hydrogens is 264 g/mol. The number of rotatable bonds is 12. The summed E-state index contributed by atoms with van der Waals surface area (Å²) in [6.07, 6.45) is 8.92. The van der Waals surface area contributed by atoms with Crippen molar-refractivity contribution < 1.29 is 9.90 Å². The molecule has 4 nitrogen and oxygen atoms in total. The molecule has 1 N–H and O–H groups in total. The zero-order chi connectivity index (χ0) is 15.5. The summed E-state index contributed by atoms with van der Waals surface area (Å²) in [6.45, 7) is 7.74. The number of carbonyl (C=O) groups is 1. The fraction of sp³-hybridized carbons (Fsp3) is 0.941. The van der Waals surface area contributed by atoms with Crippen LogP contribution in [0.15, 0.2) is 0 Å². The van der Waals surface area contributed by atoms with Crippen LogP contribution in [0.25, 0.3) is 0 Å². The summed E-state index contributed by atoms with van der Waals surface area (Å²) < 4.78 is 0. The summed E-state index contributed by atoms with van der Waals surface area (Å²) in [5.41, 5.74) is 0. The fourth-order valence-corrected chi connectivity index (χ4v) is 2.75. The number of hydrogen-bond donors (Lipinski definition) is 1. The minimum Gasteiger partial charge on any atom is -0.396 e. The van der Waals surface area contributed by atoms with Gasteiger partial charge in [-0.15, -0.1) is 0 Å². The van der Waals surface area contributed by atoms with Crippen molar-refractivity contribution in [1.82, 2.24) is 9.80 Å². The van der Waals surface area contributed by atoms with Gasteiger partial charge in [0.05, 0.1) is 6.54 Å². The van der Waals surface area contributed by atoms with Gasteiger partial charge in [-0.05, 0) is 32.1 Å². The Morgan fingerprint density at radius 2 is 1.67 bits per heavy atom. The predicted molar refractivity (Wildman–Crippen MR) is 87.3 cm³/mol. The van der Waals surface area contributed by atoms with E-state index in [0.717, 1.165) is 51.7 Å². The number of carbonyl (C=O) groups excluding carboxylic acids is 1. The zero-order valence-corrected chi connectivity index (χ0v) is 14.0. The number of aliphatic hydroxyl groups excluding tert-OH is 1. The molecule has 0 aromatic carbocycles. The molecule has 0 spiro atoms. The van der Waals surface area contributed by atoms with Gasteiger partial charge in [-0.3, -0.25) is 9.69 Å². The third kappa shape index (κ3) is 6.79. The van der Waals surface area contributed by atoms with E-state index in [2.05, 4.69) is 23.6 Å². The predicted octanol–water partition coefficient (Wildman–Crippen LogP) is 2.65. The average molecular weight is 298 g/mol. The normalized spacial score (nSPS) is 15.2. The van der Waals surface area contributed by atoms with E-state index >= 15 is 0 Å². The third-order valence-corrected chi connectivity index (χ3v) is 4.45. The van der Waals surface area contributed by atoms with Crippen LogP contribution in [0.4, 0.5) is 0 Å². The molecule has 0 saturated heterocycles. The van der Waals surface area contributed by atoms with Gasteiger partial charge in [0.2, 0.25) is 5.91 Å². The van der Waals surface area contributed by atoms with E-state index < -0.39 is 0 Å². The van der Waals surface area contributed by atoms with Gasteiger partial charge in [-0.2, -0.15) is 0 Å². The van der Waals surface area contributed by atoms with Crippen molar-refractivity contribution in [2.24, 2.45) is 0 Å². The van der Waals surface area contributed by atoms with E-state index in [0.29, 0.717) is 12.6 Å². The van der Waals surface area contributed by atoms with Gasteiger partial charge in [-0.25, -0.2) is 0 Å². The monoisotopic (exact) mass is 298 g/mol. The van der Waals surface area contributed by atoms with Crippen LogP contribution < -0.4 is 0 Å². The minimum atomic E-state index is 0.215. The lowest BCUT2D eigenvalue weighted by Gasteiger charge is -2.38. The minimum absolute atomic E-state index is 0.215. The summed E-state index contributed by atoms with van der Waals surface area (Å²) in [6, 6.07) is 0.569. The second-order valence-corrected chi connectivity index (χ2v) is 6.22.